The molecule has 0 aromatic carbocycles. The van der Waals surface area contributed by atoms with Gasteiger partial charge in [0.15, 0.2) is 0 Å². The van der Waals surface area contributed by atoms with Gasteiger partial charge in [-0.05, 0) is 43.0 Å². The molecular formula is C18H20N4O2. The minimum atomic E-state index is -0.190. The number of nitrogens with one attached hydrogen (secondary N) is 2. The Bertz CT molecular complexity index is 734. The number of carbonyl (C=O) groups is 2. The number of pyridine rings is 1. The number of nitrogens with zero attached hydrogens (tertiary/aromatic N) is 2. The van der Waals surface area contributed by atoms with E-state index in [4.69, 9.17) is 0 Å². The molecule has 1 atom stereocenters. The highest BCUT2D eigenvalue weighted by Gasteiger charge is 2.46. The number of hydrogen-bond donors (Lipinski definition) is 2. The maximum atomic E-state index is 12.4. The lowest BCUT2D eigenvalue weighted by Crippen LogP contribution is -2.52. The first-order chi connectivity index (χ1) is 11.7. The Morgan fingerprint density at radius 1 is 1.25 bits per heavy atom. The highest BCUT2D eigenvalue weighted by molar-refractivity contribution is 5.92. The average molecular weight is 324 g/mol. The van der Waals surface area contributed by atoms with E-state index < -0.39 is 0 Å². The summed E-state index contributed by atoms with van der Waals surface area (Å²) >= 11 is 0. The van der Waals surface area contributed by atoms with Crippen molar-refractivity contribution >= 4 is 11.8 Å². The van der Waals surface area contributed by atoms with Gasteiger partial charge in [-0.15, -0.1) is 0 Å². The molecule has 1 spiro atoms. The zero-order valence-electron chi connectivity index (χ0n) is 13.4. The molecule has 24 heavy (non-hydrogen) atoms. The predicted octanol–water partition coefficient (Wildman–Crippen LogP) is 1.69. The lowest BCUT2D eigenvalue weighted by atomic mass is 9.82. The third kappa shape index (κ3) is 2.58. The molecule has 0 aliphatic carbocycles. The molecule has 2 amide bonds. The Kier molecular flexibility index (Phi) is 3.59. The number of carbonyl (C=O) groups excluding carboxylic acids is 2. The van der Waals surface area contributed by atoms with E-state index in [1.807, 2.05) is 23.1 Å². The van der Waals surface area contributed by atoms with E-state index in [0.29, 0.717) is 18.8 Å². The maximum Gasteiger partial charge on any atom is 0.270 e. The molecule has 2 aromatic heterocycles. The molecule has 2 fully saturated rings. The van der Waals surface area contributed by atoms with Crippen LogP contribution in [0.3, 0.4) is 0 Å². The lowest BCUT2D eigenvalue weighted by Gasteiger charge is -2.39. The van der Waals surface area contributed by atoms with Crippen LogP contribution in [0, 0.1) is 0 Å². The number of aromatic amines is 1. The van der Waals surface area contributed by atoms with E-state index in [2.05, 4.69) is 15.3 Å². The van der Waals surface area contributed by atoms with Crippen molar-refractivity contribution in [2.24, 2.45) is 0 Å². The molecule has 124 valence electrons. The summed E-state index contributed by atoms with van der Waals surface area (Å²) in [5.41, 5.74) is 1.40. The molecule has 0 unspecified atom stereocenters. The Balaban J connectivity index is 1.44. The highest BCUT2D eigenvalue weighted by atomic mass is 16.2. The van der Waals surface area contributed by atoms with Gasteiger partial charge in [-0.3, -0.25) is 14.6 Å². The summed E-state index contributed by atoms with van der Waals surface area (Å²) in [5, 5.41) is 3.20. The third-order valence-corrected chi connectivity index (χ3v) is 5.22. The fraction of sp³-hybridized carbons (Fsp3) is 0.389. The van der Waals surface area contributed by atoms with Crippen LogP contribution in [0.2, 0.25) is 0 Å². The first-order valence-electron chi connectivity index (χ1n) is 8.32. The summed E-state index contributed by atoms with van der Waals surface area (Å²) in [4.78, 5) is 33.8. The van der Waals surface area contributed by atoms with Gasteiger partial charge in [0.25, 0.3) is 5.91 Å². The van der Waals surface area contributed by atoms with Crippen molar-refractivity contribution in [2.75, 3.05) is 13.1 Å². The van der Waals surface area contributed by atoms with E-state index >= 15 is 0 Å². The molecule has 0 saturated carbocycles. The van der Waals surface area contributed by atoms with Crippen LogP contribution in [0.1, 0.15) is 41.2 Å². The van der Waals surface area contributed by atoms with Gasteiger partial charge < -0.3 is 15.2 Å². The Morgan fingerprint density at radius 3 is 2.75 bits per heavy atom. The first kappa shape index (κ1) is 14.9. The maximum absolute atomic E-state index is 12.4. The quantitative estimate of drug-likeness (QED) is 0.882. The van der Waals surface area contributed by atoms with Gasteiger partial charge in [-0.25, -0.2) is 0 Å². The molecule has 2 aliphatic heterocycles. The first-order valence-corrected chi connectivity index (χ1v) is 8.32. The summed E-state index contributed by atoms with van der Waals surface area (Å²) in [7, 11) is 0. The van der Waals surface area contributed by atoms with Gasteiger partial charge in [0.2, 0.25) is 5.91 Å². The van der Waals surface area contributed by atoms with Gasteiger partial charge in [0, 0.05) is 37.2 Å². The molecule has 4 rings (SSSR count). The van der Waals surface area contributed by atoms with Crippen LogP contribution < -0.4 is 5.32 Å². The Labute approximate surface area is 140 Å². The predicted molar refractivity (Wildman–Crippen MR) is 88.4 cm³/mol. The fourth-order valence-electron chi connectivity index (χ4n) is 3.83. The largest absolute Gasteiger partial charge is 0.357 e. The molecular weight excluding hydrogens is 304 g/mol. The SMILES string of the molecule is O=C1NC2(CCN(C(=O)c3ccc[nH]3)CC2)C[C@H]1c1cccnc1. The standard InChI is InChI=1S/C18H20N4O2/c23-16-14(13-3-1-7-19-12-13)11-18(21-16)5-9-22(10-6-18)17(24)15-4-2-8-20-15/h1-4,7-8,12,14,20H,5-6,9-11H2,(H,21,23)/t14-/m0/s1. The molecule has 2 aliphatic rings. The second-order valence-corrected chi connectivity index (χ2v) is 6.69. The van der Waals surface area contributed by atoms with Crippen LogP contribution in [-0.2, 0) is 4.79 Å². The van der Waals surface area contributed by atoms with E-state index in [1.54, 1.807) is 24.7 Å². The van der Waals surface area contributed by atoms with Crippen molar-refractivity contribution in [3.8, 4) is 0 Å². The average Bonchev–Trinajstić information content (AvgIpc) is 3.25. The zero-order valence-corrected chi connectivity index (χ0v) is 13.4. The molecule has 0 bridgehead atoms. The van der Waals surface area contributed by atoms with Crippen LogP contribution in [0.15, 0.2) is 42.9 Å². The number of aromatic nitrogens is 2. The number of rotatable bonds is 2. The Morgan fingerprint density at radius 2 is 2.08 bits per heavy atom. The summed E-state index contributed by atoms with van der Waals surface area (Å²) in [6.07, 6.45) is 7.62. The van der Waals surface area contributed by atoms with Gasteiger partial charge in [0.05, 0.1) is 5.92 Å². The number of likely N-dealkylation sites (tertiary alicyclic amines) is 1. The van der Waals surface area contributed by atoms with E-state index in [1.165, 1.54) is 0 Å². The van der Waals surface area contributed by atoms with Crippen molar-refractivity contribution in [3.63, 3.8) is 0 Å². The lowest BCUT2D eigenvalue weighted by molar-refractivity contribution is -0.121. The van der Waals surface area contributed by atoms with Crippen molar-refractivity contribution in [2.45, 2.75) is 30.7 Å². The van der Waals surface area contributed by atoms with Gasteiger partial charge in [0.1, 0.15) is 5.69 Å². The molecule has 6 nitrogen and oxygen atoms in total. The number of hydrogen-bond acceptors (Lipinski definition) is 3. The van der Waals surface area contributed by atoms with Crippen molar-refractivity contribution in [1.29, 1.82) is 0 Å². The minimum Gasteiger partial charge on any atom is -0.357 e. The van der Waals surface area contributed by atoms with Crippen LogP contribution in [-0.4, -0.2) is 45.3 Å². The van der Waals surface area contributed by atoms with E-state index in [0.717, 1.165) is 24.8 Å². The number of piperidine rings is 1. The topological polar surface area (TPSA) is 78.1 Å². The summed E-state index contributed by atoms with van der Waals surface area (Å²) in [6.45, 7) is 1.33. The zero-order chi connectivity index (χ0) is 16.6. The summed E-state index contributed by atoms with van der Waals surface area (Å²) in [5.74, 6) is -0.0283. The fourth-order valence-corrected chi connectivity index (χ4v) is 3.83. The van der Waals surface area contributed by atoms with Crippen LogP contribution in [0.5, 0.6) is 0 Å². The third-order valence-electron chi connectivity index (χ3n) is 5.22. The van der Waals surface area contributed by atoms with Crippen molar-refractivity contribution in [3.05, 3.63) is 54.1 Å². The monoisotopic (exact) mass is 324 g/mol. The Hall–Kier alpha value is -2.63. The molecule has 0 radical (unpaired) electrons. The van der Waals surface area contributed by atoms with E-state index in [9.17, 15) is 9.59 Å². The molecule has 2 N–H and O–H groups in total. The highest BCUT2D eigenvalue weighted by Crippen LogP contribution is 2.39. The smallest absolute Gasteiger partial charge is 0.270 e. The molecule has 6 heteroatoms. The van der Waals surface area contributed by atoms with Gasteiger partial charge >= 0.3 is 0 Å². The van der Waals surface area contributed by atoms with Gasteiger partial charge in [-0.2, -0.15) is 0 Å². The number of amides is 2. The molecule has 4 heterocycles. The second-order valence-electron chi connectivity index (χ2n) is 6.69. The van der Waals surface area contributed by atoms with Crippen molar-refractivity contribution in [1.82, 2.24) is 20.2 Å². The summed E-state index contributed by atoms with van der Waals surface area (Å²) in [6, 6.07) is 7.45. The van der Waals surface area contributed by atoms with Gasteiger partial charge in [-0.1, -0.05) is 6.07 Å². The van der Waals surface area contributed by atoms with E-state index in [-0.39, 0.29) is 23.3 Å². The van der Waals surface area contributed by atoms with Crippen LogP contribution in [0.25, 0.3) is 0 Å². The normalized spacial score (nSPS) is 22.6. The number of H-pyrrole nitrogens is 1. The van der Waals surface area contributed by atoms with Crippen molar-refractivity contribution < 1.29 is 9.59 Å². The molecule has 2 aromatic rings. The van der Waals surface area contributed by atoms with Crippen LogP contribution >= 0.6 is 0 Å². The summed E-state index contributed by atoms with van der Waals surface area (Å²) < 4.78 is 0. The van der Waals surface area contributed by atoms with Crippen LogP contribution in [0.4, 0.5) is 0 Å². The second kappa shape index (κ2) is 5.78. The minimum absolute atomic E-state index is 0.0305. The molecule has 2 saturated heterocycles.